The Kier molecular flexibility index (Phi) is 7.42. The number of nitrogens with one attached hydrogen (secondary N) is 1. The van der Waals surface area contributed by atoms with Crippen LogP contribution in [0.3, 0.4) is 0 Å². The van der Waals surface area contributed by atoms with Gasteiger partial charge >= 0.3 is 0 Å². The number of piperidine rings is 1. The Bertz CT molecular complexity index is 1170. The molecule has 0 saturated carbocycles. The van der Waals surface area contributed by atoms with E-state index < -0.39 is 19.9 Å². The number of anilines is 1. The number of amides is 1. The van der Waals surface area contributed by atoms with E-state index in [2.05, 4.69) is 19.2 Å². The van der Waals surface area contributed by atoms with Crippen LogP contribution in [-0.2, 0) is 24.7 Å². The summed E-state index contributed by atoms with van der Waals surface area (Å²) in [6, 6.07) is 13.3. The fourth-order valence-corrected chi connectivity index (χ4v) is 6.28. The average Bonchev–Trinajstić information content (AvgIpc) is 2.79. The summed E-state index contributed by atoms with van der Waals surface area (Å²) in [4.78, 5) is 13.1. The topological polar surface area (TPSA) is 101 Å². The maximum Gasteiger partial charge on any atom is 0.243 e. The molecule has 1 amide bonds. The average molecular weight is 479 g/mol. The van der Waals surface area contributed by atoms with E-state index in [0.29, 0.717) is 18.8 Å². The van der Waals surface area contributed by atoms with E-state index >= 15 is 0 Å². The highest BCUT2D eigenvalue weighted by Crippen LogP contribution is 2.28. The van der Waals surface area contributed by atoms with Gasteiger partial charge in [-0.2, -0.15) is 4.31 Å². The van der Waals surface area contributed by atoms with Crippen molar-refractivity contribution in [1.82, 2.24) is 4.31 Å². The first-order chi connectivity index (χ1) is 15.1. The molecule has 174 valence electrons. The number of nitrogens with zero attached hydrogens (tertiary/aromatic N) is 1. The van der Waals surface area contributed by atoms with Crippen LogP contribution >= 0.6 is 0 Å². The van der Waals surface area contributed by atoms with Gasteiger partial charge in [0.2, 0.25) is 15.9 Å². The van der Waals surface area contributed by atoms with Crippen molar-refractivity contribution in [3.8, 4) is 0 Å². The summed E-state index contributed by atoms with van der Waals surface area (Å²) in [5.41, 5.74) is 1.34. The van der Waals surface area contributed by atoms with Crippen molar-refractivity contribution in [2.75, 3.05) is 24.2 Å². The van der Waals surface area contributed by atoms with Crippen LogP contribution in [0.2, 0.25) is 0 Å². The molecule has 1 fully saturated rings. The first-order valence-corrected chi connectivity index (χ1v) is 13.9. The van der Waals surface area contributed by atoms with Crippen molar-refractivity contribution in [1.29, 1.82) is 0 Å². The van der Waals surface area contributed by atoms with Crippen LogP contribution in [0, 0.1) is 5.92 Å². The molecule has 1 heterocycles. The molecule has 0 radical (unpaired) electrons. The Hall–Kier alpha value is -2.23. The number of para-hydroxylation sites is 1. The summed E-state index contributed by atoms with van der Waals surface area (Å²) < 4.78 is 52.0. The fraction of sp³-hybridized carbons (Fsp3) is 0.435. The fourth-order valence-electron chi connectivity index (χ4n) is 3.76. The molecule has 1 aliphatic rings. The van der Waals surface area contributed by atoms with Crippen LogP contribution < -0.4 is 5.32 Å². The van der Waals surface area contributed by atoms with Gasteiger partial charge in [-0.25, -0.2) is 16.8 Å². The molecule has 2 aromatic carbocycles. The minimum absolute atomic E-state index is 0.0612. The lowest BCUT2D eigenvalue weighted by molar-refractivity contribution is -0.120. The van der Waals surface area contributed by atoms with Gasteiger partial charge in [-0.3, -0.25) is 4.79 Å². The molecule has 0 spiro atoms. The number of carbonyl (C=O) groups is 1. The molecule has 0 unspecified atom stereocenters. The third kappa shape index (κ3) is 5.22. The lowest BCUT2D eigenvalue weighted by Gasteiger charge is -2.30. The van der Waals surface area contributed by atoms with Crippen LogP contribution in [0.15, 0.2) is 58.3 Å². The Morgan fingerprint density at radius 2 is 1.59 bits per heavy atom. The number of benzene rings is 2. The van der Waals surface area contributed by atoms with E-state index in [4.69, 9.17) is 0 Å². The number of rotatable bonds is 7. The van der Waals surface area contributed by atoms with Crippen molar-refractivity contribution in [2.45, 2.75) is 49.3 Å². The van der Waals surface area contributed by atoms with Crippen molar-refractivity contribution in [2.24, 2.45) is 5.92 Å². The Labute approximate surface area is 190 Å². The van der Waals surface area contributed by atoms with Crippen molar-refractivity contribution in [3.63, 3.8) is 0 Å². The van der Waals surface area contributed by atoms with E-state index in [9.17, 15) is 21.6 Å². The molecular weight excluding hydrogens is 448 g/mol. The van der Waals surface area contributed by atoms with Crippen LogP contribution in [0.5, 0.6) is 0 Å². The van der Waals surface area contributed by atoms with Gasteiger partial charge < -0.3 is 5.32 Å². The second-order valence-corrected chi connectivity index (χ2v) is 12.5. The molecule has 1 saturated heterocycles. The van der Waals surface area contributed by atoms with Crippen molar-refractivity contribution in [3.05, 3.63) is 54.1 Å². The molecular formula is C23H30N2O5S2. The zero-order valence-electron chi connectivity index (χ0n) is 18.6. The molecule has 2 aromatic rings. The maximum absolute atomic E-state index is 13.0. The van der Waals surface area contributed by atoms with Gasteiger partial charge in [0.1, 0.15) is 0 Å². The molecule has 0 atom stereocenters. The Morgan fingerprint density at radius 3 is 2.16 bits per heavy atom. The zero-order valence-corrected chi connectivity index (χ0v) is 20.2. The highest BCUT2D eigenvalue weighted by molar-refractivity contribution is 7.91. The van der Waals surface area contributed by atoms with Crippen molar-refractivity contribution < 1.29 is 21.6 Å². The van der Waals surface area contributed by atoms with Gasteiger partial charge in [-0.1, -0.05) is 45.0 Å². The van der Waals surface area contributed by atoms with Gasteiger partial charge in [0.15, 0.2) is 9.84 Å². The minimum Gasteiger partial charge on any atom is -0.325 e. The number of hydrogen-bond acceptors (Lipinski definition) is 5. The monoisotopic (exact) mass is 478 g/mol. The number of hydrogen-bond donors (Lipinski definition) is 1. The lowest BCUT2D eigenvalue weighted by Crippen LogP contribution is -2.41. The van der Waals surface area contributed by atoms with Crippen LogP contribution in [0.1, 0.15) is 45.1 Å². The lowest BCUT2D eigenvalue weighted by atomic mass is 9.97. The third-order valence-electron chi connectivity index (χ3n) is 5.87. The molecule has 32 heavy (non-hydrogen) atoms. The summed E-state index contributed by atoms with van der Waals surface area (Å²) in [6.45, 7) is 6.13. The highest BCUT2D eigenvalue weighted by atomic mass is 32.2. The first kappa shape index (κ1) is 24.4. The molecule has 0 aromatic heterocycles. The number of sulfonamides is 1. The normalized spacial score (nSPS) is 16.2. The molecule has 9 heteroatoms. The molecule has 1 N–H and O–H groups in total. The second kappa shape index (κ2) is 9.72. The Morgan fingerprint density at radius 1 is 1.00 bits per heavy atom. The SMILES string of the molecule is CCS(=O)(=O)c1ccccc1NC(=O)C1CCN(S(=O)(=O)c2ccc(C(C)C)cc2)CC1. The predicted molar refractivity (Wildman–Crippen MR) is 125 cm³/mol. The van der Waals surface area contributed by atoms with E-state index in [1.165, 1.54) is 10.4 Å². The predicted octanol–water partition coefficient (Wildman–Crippen LogP) is 3.64. The van der Waals surface area contributed by atoms with E-state index in [1.807, 2.05) is 12.1 Å². The largest absolute Gasteiger partial charge is 0.325 e. The standard InChI is InChI=1S/C23H30N2O5S2/c1-4-31(27,28)22-8-6-5-7-21(22)24-23(26)19-13-15-25(16-14-19)32(29,30)20-11-9-18(10-12-20)17(2)3/h5-12,17,19H,4,13-16H2,1-3H3,(H,24,26). The summed E-state index contributed by atoms with van der Waals surface area (Å²) in [7, 11) is -7.09. The smallest absolute Gasteiger partial charge is 0.243 e. The van der Waals surface area contributed by atoms with Crippen LogP contribution in [0.25, 0.3) is 0 Å². The minimum atomic E-state index is -3.62. The molecule has 7 nitrogen and oxygen atoms in total. The van der Waals surface area contributed by atoms with Gasteiger partial charge in [-0.15, -0.1) is 0 Å². The van der Waals surface area contributed by atoms with Crippen molar-refractivity contribution >= 4 is 31.5 Å². The van der Waals surface area contributed by atoms with E-state index in [-0.39, 0.29) is 46.1 Å². The van der Waals surface area contributed by atoms with Gasteiger partial charge in [0.25, 0.3) is 0 Å². The second-order valence-electron chi connectivity index (χ2n) is 8.29. The molecule has 1 aliphatic heterocycles. The highest BCUT2D eigenvalue weighted by Gasteiger charge is 2.32. The van der Waals surface area contributed by atoms with E-state index in [1.54, 1.807) is 37.3 Å². The van der Waals surface area contributed by atoms with Crippen LogP contribution in [-0.4, -0.2) is 45.9 Å². The van der Waals surface area contributed by atoms with Gasteiger partial charge in [-0.05, 0) is 48.6 Å². The molecule has 0 bridgehead atoms. The summed E-state index contributed by atoms with van der Waals surface area (Å²) >= 11 is 0. The summed E-state index contributed by atoms with van der Waals surface area (Å²) in [5, 5.41) is 2.74. The van der Waals surface area contributed by atoms with Gasteiger partial charge in [0.05, 0.1) is 21.2 Å². The molecule has 0 aliphatic carbocycles. The summed E-state index contributed by atoms with van der Waals surface area (Å²) in [6.07, 6.45) is 0.746. The first-order valence-electron chi connectivity index (χ1n) is 10.8. The van der Waals surface area contributed by atoms with Gasteiger partial charge in [0, 0.05) is 19.0 Å². The maximum atomic E-state index is 13.0. The molecule has 3 rings (SSSR count). The third-order valence-corrected chi connectivity index (χ3v) is 9.57. The van der Waals surface area contributed by atoms with E-state index in [0.717, 1.165) is 5.56 Å². The number of sulfone groups is 1. The van der Waals surface area contributed by atoms with Crippen LogP contribution in [0.4, 0.5) is 5.69 Å². The quantitative estimate of drug-likeness (QED) is 0.655. The summed E-state index contributed by atoms with van der Waals surface area (Å²) in [5.74, 6) is -0.420. The zero-order chi connectivity index (χ0) is 23.5. The number of carbonyl (C=O) groups excluding carboxylic acids is 1. The Balaban J connectivity index is 1.67.